The predicted octanol–water partition coefficient (Wildman–Crippen LogP) is 3.05. The summed E-state index contributed by atoms with van der Waals surface area (Å²) in [5, 5.41) is 20.9. The molecular weight excluding hydrogens is 348 g/mol. The minimum atomic E-state index is -1.03. The van der Waals surface area contributed by atoms with E-state index in [1.807, 2.05) is 13.8 Å². The summed E-state index contributed by atoms with van der Waals surface area (Å²) in [6.07, 6.45) is 2.06. The number of carboxylic acids is 1. The third-order valence-corrected chi connectivity index (χ3v) is 4.45. The van der Waals surface area contributed by atoms with Crippen LogP contribution in [0.5, 0.6) is 5.75 Å². The Morgan fingerprint density at radius 3 is 2.67 bits per heavy atom. The fraction of sp³-hybridized carbons (Fsp3) is 0.421. The number of nitrogens with zero attached hydrogens (tertiary/aromatic N) is 3. The monoisotopic (exact) mass is 374 g/mol. The first-order valence-corrected chi connectivity index (χ1v) is 8.79. The number of aryl methyl sites for hydroxylation is 1. The van der Waals surface area contributed by atoms with Gasteiger partial charge in [0, 0.05) is 17.7 Å². The summed E-state index contributed by atoms with van der Waals surface area (Å²) in [4.78, 5) is 19.6. The van der Waals surface area contributed by atoms with Gasteiger partial charge in [0.15, 0.2) is 5.82 Å². The van der Waals surface area contributed by atoms with E-state index < -0.39 is 5.97 Å². The zero-order valence-corrected chi connectivity index (χ0v) is 16.1. The second-order valence-corrected chi connectivity index (χ2v) is 6.46. The van der Waals surface area contributed by atoms with E-state index in [0.717, 1.165) is 23.5 Å². The molecule has 146 valence electrons. The molecule has 4 N–H and O–H groups in total. The third-order valence-electron chi connectivity index (χ3n) is 4.45. The quantitative estimate of drug-likeness (QED) is 0.603. The number of carboxylic acid groups (broad SMARTS) is 1. The van der Waals surface area contributed by atoms with Gasteiger partial charge >= 0.3 is 5.97 Å². The molecule has 8 heteroatoms. The van der Waals surface area contributed by atoms with Gasteiger partial charge < -0.3 is 15.6 Å². The Balaban J connectivity index is 2.48. The van der Waals surface area contributed by atoms with Crippen molar-refractivity contribution < 1.29 is 19.8 Å². The number of aromatic carboxylic acids is 1. The Morgan fingerprint density at radius 2 is 2.07 bits per heavy atom. The molecule has 1 aromatic carbocycles. The maximum absolute atomic E-state index is 11.2. The zero-order valence-electron chi connectivity index (χ0n) is 16.1. The number of nitrogens with two attached hydrogens (primary N) is 1. The van der Waals surface area contributed by atoms with Crippen LogP contribution in [0.25, 0.3) is 0 Å². The highest BCUT2D eigenvalue weighted by atomic mass is 16.5. The summed E-state index contributed by atoms with van der Waals surface area (Å²) in [5.41, 5.74) is 8.04. The van der Waals surface area contributed by atoms with E-state index in [2.05, 4.69) is 9.97 Å². The molecule has 0 spiro atoms. The highest BCUT2D eigenvalue weighted by molar-refractivity contribution is 5.88. The number of hydrogen-bond acceptors (Lipinski definition) is 7. The fourth-order valence-corrected chi connectivity index (χ4v) is 2.96. The summed E-state index contributed by atoms with van der Waals surface area (Å²) in [7, 11) is 1.49. The number of hydrogen-bond donors (Lipinski definition) is 3. The van der Waals surface area contributed by atoms with Gasteiger partial charge in [-0.1, -0.05) is 19.4 Å². The topological polar surface area (TPSA) is 122 Å². The van der Waals surface area contributed by atoms with Crippen LogP contribution in [0.15, 0.2) is 18.2 Å². The second-order valence-electron chi connectivity index (χ2n) is 6.46. The van der Waals surface area contributed by atoms with Gasteiger partial charge in [0.2, 0.25) is 5.95 Å². The number of aromatic nitrogens is 2. The van der Waals surface area contributed by atoms with Crippen LogP contribution < -0.4 is 15.5 Å². The lowest BCUT2D eigenvalue weighted by molar-refractivity contribution is 0.0696. The number of hydroxylamine groups is 1. The van der Waals surface area contributed by atoms with E-state index in [9.17, 15) is 10.0 Å². The van der Waals surface area contributed by atoms with Gasteiger partial charge in [0.1, 0.15) is 5.75 Å². The van der Waals surface area contributed by atoms with Crippen LogP contribution in [-0.4, -0.2) is 39.4 Å². The first-order chi connectivity index (χ1) is 12.8. The molecule has 1 atom stereocenters. The fourth-order valence-electron chi connectivity index (χ4n) is 2.96. The number of rotatable bonds is 8. The Hall–Kier alpha value is -2.87. The molecule has 0 aliphatic carbocycles. The van der Waals surface area contributed by atoms with Gasteiger partial charge in [-0.15, -0.1) is 0 Å². The van der Waals surface area contributed by atoms with Crippen molar-refractivity contribution >= 4 is 17.7 Å². The lowest BCUT2D eigenvalue weighted by Gasteiger charge is -2.26. The van der Waals surface area contributed by atoms with Crippen molar-refractivity contribution in [3.8, 4) is 5.75 Å². The molecular formula is C19H26N4O4. The minimum Gasteiger partial charge on any atom is -0.496 e. The summed E-state index contributed by atoms with van der Waals surface area (Å²) in [5.74, 6) is -0.141. The molecule has 0 amide bonds. The van der Waals surface area contributed by atoms with Crippen molar-refractivity contribution in [2.75, 3.05) is 17.9 Å². The minimum absolute atomic E-state index is 0.0854. The van der Waals surface area contributed by atoms with Crippen LogP contribution in [-0.2, 0) is 6.42 Å². The molecule has 0 fully saturated rings. The van der Waals surface area contributed by atoms with Crippen molar-refractivity contribution in [1.29, 1.82) is 0 Å². The SMILES string of the molecule is CCCC(C)N(O)c1nc(N)nc(C)c1Cc1ccc(C(=O)O)cc1OC. The van der Waals surface area contributed by atoms with Crippen LogP contribution in [0.3, 0.4) is 0 Å². The number of nitrogen functional groups attached to an aromatic ring is 1. The summed E-state index contributed by atoms with van der Waals surface area (Å²) < 4.78 is 5.35. The molecule has 0 saturated heterocycles. The number of anilines is 2. The van der Waals surface area contributed by atoms with E-state index in [4.69, 9.17) is 15.6 Å². The van der Waals surface area contributed by atoms with Crippen molar-refractivity contribution in [3.05, 3.63) is 40.6 Å². The van der Waals surface area contributed by atoms with Crippen LogP contribution >= 0.6 is 0 Å². The van der Waals surface area contributed by atoms with Crippen LogP contribution in [0.4, 0.5) is 11.8 Å². The van der Waals surface area contributed by atoms with Gasteiger partial charge in [-0.2, -0.15) is 4.98 Å². The molecule has 0 bridgehead atoms. The van der Waals surface area contributed by atoms with Gasteiger partial charge in [0.05, 0.1) is 18.7 Å². The van der Waals surface area contributed by atoms with Crippen molar-refractivity contribution in [1.82, 2.24) is 9.97 Å². The summed E-state index contributed by atoms with van der Waals surface area (Å²) in [6, 6.07) is 4.54. The average Bonchev–Trinajstić information content (AvgIpc) is 2.63. The van der Waals surface area contributed by atoms with Crippen LogP contribution in [0.1, 0.15) is 53.9 Å². The number of benzene rings is 1. The maximum atomic E-state index is 11.2. The molecule has 8 nitrogen and oxygen atoms in total. The lowest BCUT2D eigenvalue weighted by Crippen LogP contribution is -2.31. The molecule has 1 aromatic heterocycles. The van der Waals surface area contributed by atoms with E-state index in [1.54, 1.807) is 13.0 Å². The standard InChI is InChI=1S/C19H26N4O4/c1-5-6-11(2)23(26)17-15(12(3)21-19(20)22-17)9-13-7-8-14(18(24)25)10-16(13)27-4/h7-8,10-11,26H,5-6,9H2,1-4H3,(H,24,25)(H2,20,21,22). The number of carbonyl (C=O) groups is 1. The Kier molecular flexibility index (Phi) is 6.57. The Morgan fingerprint density at radius 1 is 1.37 bits per heavy atom. The highest BCUT2D eigenvalue weighted by Crippen LogP contribution is 2.30. The molecule has 1 unspecified atom stereocenters. The van der Waals surface area contributed by atoms with Gasteiger partial charge in [0.25, 0.3) is 0 Å². The first-order valence-electron chi connectivity index (χ1n) is 8.79. The van der Waals surface area contributed by atoms with E-state index in [0.29, 0.717) is 29.2 Å². The molecule has 1 heterocycles. The molecule has 0 aliphatic heterocycles. The molecule has 27 heavy (non-hydrogen) atoms. The van der Waals surface area contributed by atoms with Gasteiger partial charge in [-0.25, -0.2) is 14.8 Å². The maximum Gasteiger partial charge on any atom is 0.335 e. The Bertz CT molecular complexity index is 826. The second kappa shape index (κ2) is 8.68. The van der Waals surface area contributed by atoms with E-state index >= 15 is 0 Å². The smallest absolute Gasteiger partial charge is 0.335 e. The van der Waals surface area contributed by atoms with Gasteiger partial charge in [-0.3, -0.25) is 5.21 Å². The van der Waals surface area contributed by atoms with Crippen molar-refractivity contribution in [3.63, 3.8) is 0 Å². The van der Waals surface area contributed by atoms with Gasteiger partial charge in [-0.05, 0) is 38.0 Å². The van der Waals surface area contributed by atoms with Crippen LogP contribution in [0, 0.1) is 6.92 Å². The normalized spacial score (nSPS) is 11.9. The average molecular weight is 374 g/mol. The molecule has 2 rings (SSSR count). The van der Waals surface area contributed by atoms with Crippen molar-refractivity contribution in [2.24, 2.45) is 0 Å². The molecule has 2 aromatic rings. The molecule has 0 aliphatic rings. The van der Waals surface area contributed by atoms with E-state index in [1.165, 1.54) is 19.2 Å². The third kappa shape index (κ3) is 4.65. The lowest BCUT2D eigenvalue weighted by atomic mass is 10.0. The highest BCUT2D eigenvalue weighted by Gasteiger charge is 2.21. The van der Waals surface area contributed by atoms with Crippen molar-refractivity contribution in [2.45, 2.75) is 46.1 Å². The number of methoxy groups -OCH3 is 1. The summed E-state index contributed by atoms with van der Waals surface area (Å²) >= 11 is 0. The first kappa shape index (κ1) is 20.4. The van der Waals surface area contributed by atoms with E-state index in [-0.39, 0.29) is 17.6 Å². The summed E-state index contributed by atoms with van der Waals surface area (Å²) in [6.45, 7) is 5.75. The zero-order chi connectivity index (χ0) is 20.1. The molecule has 0 radical (unpaired) electrons. The number of ether oxygens (including phenoxy) is 1. The van der Waals surface area contributed by atoms with Crippen LogP contribution in [0.2, 0.25) is 0 Å². The largest absolute Gasteiger partial charge is 0.496 e. The Labute approximate surface area is 158 Å². The molecule has 0 saturated carbocycles. The predicted molar refractivity (Wildman–Crippen MR) is 103 cm³/mol.